The van der Waals surface area contributed by atoms with Crippen LogP contribution in [0.3, 0.4) is 0 Å². The molecular weight excluding hydrogens is 234 g/mol. The van der Waals surface area contributed by atoms with Crippen LogP contribution < -0.4 is 5.73 Å². The molecule has 6 heteroatoms. The predicted octanol–water partition coefficient (Wildman–Crippen LogP) is 0.740. The number of hydrogen-bond donors (Lipinski definition) is 3. The Labute approximate surface area is 106 Å². The van der Waals surface area contributed by atoms with Crippen LogP contribution in [-0.2, 0) is 16.0 Å². The highest BCUT2D eigenvalue weighted by molar-refractivity contribution is 6.05. The van der Waals surface area contributed by atoms with Gasteiger partial charge in [0.25, 0.3) is 0 Å². The van der Waals surface area contributed by atoms with Crippen LogP contribution in [0.1, 0.15) is 32.4 Å². The van der Waals surface area contributed by atoms with Gasteiger partial charge >= 0.3 is 5.97 Å². The van der Waals surface area contributed by atoms with Crippen molar-refractivity contribution in [2.24, 2.45) is 11.1 Å². The normalized spacial score (nSPS) is 13.3. The number of carbonyl (C=O) groups is 2. The molecule has 1 rings (SSSR count). The summed E-state index contributed by atoms with van der Waals surface area (Å²) in [5.74, 6) is -1.52. The summed E-state index contributed by atoms with van der Waals surface area (Å²) in [6, 6.07) is -0.832. The highest BCUT2D eigenvalue weighted by Crippen LogP contribution is 2.29. The van der Waals surface area contributed by atoms with E-state index in [4.69, 9.17) is 5.73 Å². The molecule has 1 atom stereocenters. The van der Waals surface area contributed by atoms with Gasteiger partial charge in [-0.25, -0.2) is 4.98 Å². The summed E-state index contributed by atoms with van der Waals surface area (Å²) >= 11 is 0. The first-order valence-electron chi connectivity index (χ1n) is 5.98. The Hall–Kier alpha value is -1.69. The third-order valence-electron chi connectivity index (χ3n) is 3.42. The van der Waals surface area contributed by atoms with Gasteiger partial charge in [-0.15, -0.1) is 0 Å². The van der Waals surface area contributed by atoms with Gasteiger partial charge in [-0.1, -0.05) is 13.8 Å². The molecule has 0 amide bonds. The van der Waals surface area contributed by atoms with E-state index < -0.39 is 23.2 Å². The molecule has 0 unspecified atom stereocenters. The van der Waals surface area contributed by atoms with E-state index in [0.717, 1.165) is 5.69 Å². The maximum atomic E-state index is 12.3. The first kappa shape index (κ1) is 14.4. The maximum absolute atomic E-state index is 12.3. The van der Waals surface area contributed by atoms with Crippen LogP contribution in [0.15, 0.2) is 12.5 Å². The number of Topliss-reactive ketones (excluding diaryl/α,β-unsaturated/α-hetero) is 1. The van der Waals surface area contributed by atoms with Gasteiger partial charge in [-0.2, -0.15) is 0 Å². The molecule has 0 fully saturated rings. The van der Waals surface area contributed by atoms with E-state index in [1.807, 2.05) is 0 Å². The summed E-state index contributed by atoms with van der Waals surface area (Å²) in [5, 5.41) is 9.27. The van der Waals surface area contributed by atoms with Gasteiger partial charge in [0.15, 0.2) is 5.78 Å². The molecule has 6 nitrogen and oxygen atoms in total. The van der Waals surface area contributed by atoms with Crippen LogP contribution in [0.2, 0.25) is 0 Å². The Morgan fingerprint density at radius 3 is 2.50 bits per heavy atom. The van der Waals surface area contributed by atoms with Gasteiger partial charge in [0, 0.05) is 18.3 Å². The highest BCUT2D eigenvalue weighted by atomic mass is 16.4. The van der Waals surface area contributed by atoms with E-state index in [1.165, 1.54) is 6.33 Å². The fourth-order valence-corrected chi connectivity index (χ4v) is 2.09. The topological polar surface area (TPSA) is 109 Å². The number of nitrogens with two attached hydrogens (primary N) is 1. The Balaban J connectivity index is 2.86. The fourth-order valence-electron chi connectivity index (χ4n) is 2.09. The minimum atomic E-state index is -1.38. The van der Waals surface area contributed by atoms with Crippen LogP contribution in [0.25, 0.3) is 0 Å². The molecule has 0 aliphatic carbocycles. The molecule has 100 valence electrons. The number of imidazole rings is 1. The van der Waals surface area contributed by atoms with Gasteiger partial charge in [0.05, 0.1) is 12.4 Å². The number of rotatable bonds is 7. The van der Waals surface area contributed by atoms with Crippen molar-refractivity contribution >= 4 is 11.8 Å². The molecule has 0 aliphatic heterocycles. The molecule has 0 saturated heterocycles. The monoisotopic (exact) mass is 253 g/mol. The second-order valence-electron chi connectivity index (χ2n) is 4.35. The van der Waals surface area contributed by atoms with Gasteiger partial charge in [-0.05, 0) is 12.8 Å². The van der Waals surface area contributed by atoms with Crippen molar-refractivity contribution < 1.29 is 14.7 Å². The Bertz CT molecular complexity index is 410. The number of aliphatic carboxylic acids is 1. The van der Waals surface area contributed by atoms with Crippen LogP contribution in [0.5, 0.6) is 0 Å². The first-order valence-corrected chi connectivity index (χ1v) is 5.98. The number of H-pyrrole nitrogens is 1. The number of carboxylic acids is 1. The van der Waals surface area contributed by atoms with Gasteiger partial charge in [0.1, 0.15) is 5.41 Å². The molecule has 4 N–H and O–H groups in total. The minimum Gasteiger partial charge on any atom is -0.480 e. The largest absolute Gasteiger partial charge is 0.480 e. The quantitative estimate of drug-likeness (QED) is 0.621. The van der Waals surface area contributed by atoms with Gasteiger partial charge < -0.3 is 15.8 Å². The first-order chi connectivity index (χ1) is 8.47. The van der Waals surface area contributed by atoms with E-state index in [9.17, 15) is 14.7 Å². The number of carboxylic acid groups (broad SMARTS) is 1. The molecule has 0 radical (unpaired) electrons. The summed E-state index contributed by atoms with van der Waals surface area (Å²) in [4.78, 5) is 30.3. The van der Waals surface area contributed by atoms with Crippen LogP contribution >= 0.6 is 0 Å². The van der Waals surface area contributed by atoms with Crippen molar-refractivity contribution in [3.63, 3.8) is 0 Å². The molecule has 1 aromatic rings. The smallest absolute Gasteiger partial charge is 0.317 e. The lowest BCUT2D eigenvalue weighted by atomic mass is 9.75. The lowest BCUT2D eigenvalue weighted by Crippen LogP contribution is -2.48. The summed E-state index contributed by atoms with van der Waals surface area (Å²) in [7, 11) is 0. The van der Waals surface area contributed by atoms with Crippen molar-refractivity contribution in [2.45, 2.75) is 39.2 Å². The fraction of sp³-hybridized carbons (Fsp3) is 0.583. The second kappa shape index (κ2) is 5.77. The van der Waals surface area contributed by atoms with Gasteiger partial charge in [0.2, 0.25) is 0 Å². The Morgan fingerprint density at radius 1 is 1.50 bits per heavy atom. The van der Waals surface area contributed by atoms with Crippen molar-refractivity contribution in [3.8, 4) is 0 Å². The van der Waals surface area contributed by atoms with Crippen molar-refractivity contribution in [2.75, 3.05) is 0 Å². The van der Waals surface area contributed by atoms with E-state index in [0.29, 0.717) is 0 Å². The van der Waals surface area contributed by atoms with E-state index in [2.05, 4.69) is 9.97 Å². The average Bonchev–Trinajstić information content (AvgIpc) is 2.83. The zero-order valence-corrected chi connectivity index (χ0v) is 10.6. The number of nitrogens with one attached hydrogen (secondary N) is 1. The number of carbonyl (C=O) groups excluding carboxylic acids is 1. The second-order valence-corrected chi connectivity index (χ2v) is 4.35. The maximum Gasteiger partial charge on any atom is 0.317 e. The van der Waals surface area contributed by atoms with E-state index >= 15 is 0 Å². The zero-order chi connectivity index (χ0) is 13.8. The van der Waals surface area contributed by atoms with Crippen molar-refractivity contribution in [1.29, 1.82) is 0 Å². The number of hydrogen-bond acceptors (Lipinski definition) is 4. The Kier molecular flexibility index (Phi) is 4.61. The number of aromatic amines is 1. The van der Waals surface area contributed by atoms with E-state index in [1.54, 1.807) is 20.0 Å². The molecule has 0 saturated carbocycles. The summed E-state index contributed by atoms with van der Waals surface area (Å²) in [6.45, 7) is 3.39. The predicted molar refractivity (Wildman–Crippen MR) is 65.9 cm³/mol. The zero-order valence-electron chi connectivity index (χ0n) is 10.6. The summed E-state index contributed by atoms with van der Waals surface area (Å²) in [5.41, 5.74) is 5.17. The molecule has 1 heterocycles. The number of nitrogens with zero attached hydrogens (tertiary/aromatic N) is 1. The molecule has 0 bridgehead atoms. The lowest BCUT2D eigenvalue weighted by Gasteiger charge is -2.27. The number of ketones is 1. The minimum absolute atomic E-state index is 0.244. The SMILES string of the molecule is CCC(CC)(C(=O)O)C(=O)[C@@H](N)Cc1cnc[nH]1. The molecular formula is C12H19N3O3. The molecule has 1 aromatic heterocycles. The van der Waals surface area contributed by atoms with Crippen LogP contribution in [0.4, 0.5) is 0 Å². The molecule has 0 aliphatic rings. The standard InChI is InChI=1S/C12H19N3O3/c1-3-12(4-2,11(17)18)10(16)9(13)5-8-6-14-7-15-8/h6-7,9H,3-5,13H2,1-2H3,(H,14,15)(H,17,18)/t9-/m0/s1. The molecule has 0 spiro atoms. The molecule has 18 heavy (non-hydrogen) atoms. The highest BCUT2D eigenvalue weighted by Gasteiger charge is 2.44. The Morgan fingerprint density at radius 2 is 2.11 bits per heavy atom. The summed E-state index contributed by atoms with van der Waals surface area (Å²) < 4.78 is 0. The van der Waals surface area contributed by atoms with Gasteiger partial charge in [-0.3, -0.25) is 9.59 Å². The third-order valence-corrected chi connectivity index (χ3v) is 3.42. The van der Waals surface area contributed by atoms with Crippen LogP contribution in [0, 0.1) is 5.41 Å². The van der Waals surface area contributed by atoms with Crippen molar-refractivity contribution in [3.05, 3.63) is 18.2 Å². The van der Waals surface area contributed by atoms with Crippen molar-refractivity contribution in [1.82, 2.24) is 9.97 Å². The average molecular weight is 253 g/mol. The van der Waals surface area contributed by atoms with E-state index in [-0.39, 0.29) is 19.3 Å². The molecule has 0 aromatic carbocycles. The third kappa shape index (κ3) is 2.59. The van der Waals surface area contributed by atoms with Crippen LogP contribution in [-0.4, -0.2) is 32.9 Å². The lowest BCUT2D eigenvalue weighted by molar-refractivity contribution is -0.156. The number of aromatic nitrogens is 2. The summed E-state index contributed by atoms with van der Waals surface area (Å²) in [6.07, 6.45) is 3.83.